The summed E-state index contributed by atoms with van der Waals surface area (Å²) < 4.78 is 0. The third kappa shape index (κ3) is 3.24. The smallest absolute Gasteiger partial charge is 0.226 e. The third-order valence-electron chi connectivity index (χ3n) is 4.97. The molecule has 0 aliphatic heterocycles. The van der Waals surface area contributed by atoms with E-state index in [1.165, 1.54) is 19.3 Å². The van der Waals surface area contributed by atoms with E-state index >= 15 is 0 Å². The number of carbonyl (C=O) groups excluding carboxylic acids is 1. The maximum absolute atomic E-state index is 12.8. The Hall–Kier alpha value is -1.46. The number of amides is 1. The van der Waals surface area contributed by atoms with Gasteiger partial charge in [-0.2, -0.15) is 5.21 Å². The molecule has 0 spiro atoms. The number of nitrogens with one attached hydrogen (secondary N) is 1. The lowest BCUT2D eigenvalue weighted by Crippen LogP contribution is -2.36. The second kappa shape index (κ2) is 6.12. The van der Waals surface area contributed by atoms with Crippen LogP contribution < -0.4 is 0 Å². The normalized spacial score (nSPS) is 26.9. The molecule has 2 saturated carbocycles. The topological polar surface area (TPSA) is 74.8 Å². The van der Waals surface area contributed by atoms with Crippen LogP contribution in [0.4, 0.5) is 0 Å². The molecule has 2 fully saturated rings. The van der Waals surface area contributed by atoms with Crippen molar-refractivity contribution in [2.45, 2.75) is 46.0 Å². The Labute approximate surface area is 125 Å². The van der Waals surface area contributed by atoms with E-state index in [9.17, 15) is 4.79 Å². The van der Waals surface area contributed by atoms with E-state index in [2.05, 4.69) is 34.5 Å². The van der Waals surface area contributed by atoms with E-state index in [1.807, 2.05) is 4.90 Å². The third-order valence-corrected chi connectivity index (χ3v) is 4.97. The number of rotatable bonds is 7. The number of hydrogen-bond donors (Lipinski definition) is 1. The molecule has 1 heterocycles. The van der Waals surface area contributed by atoms with Gasteiger partial charge in [0.15, 0.2) is 5.82 Å². The minimum Gasteiger partial charge on any atom is -0.342 e. The van der Waals surface area contributed by atoms with E-state index in [0.29, 0.717) is 48.4 Å². The van der Waals surface area contributed by atoms with Gasteiger partial charge in [-0.1, -0.05) is 25.5 Å². The first-order valence-electron chi connectivity index (χ1n) is 8.18. The molecule has 1 amide bonds. The Kier molecular flexibility index (Phi) is 4.22. The summed E-state index contributed by atoms with van der Waals surface area (Å²) in [7, 11) is 0. The highest BCUT2D eigenvalue weighted by Gasteiger charge is 2.57. The summed E-state index contributed by atoms with van der Waals surface area (Å²) in [6, 6.07) is 0. The molecular weight excluding hydrogens is 266 g/mol. The highest BCUT2D eigenvalue weighted by Crippen LogP contribution is 2.58. The number of hydrogen-bond acceptors (Lipinski definition) is 4. The van der Waals surface area contributed by atoms with Crippen molar-refractivity contribution >= 4 is 5.91 Å². The van der Waals surface area contributed by atoms with Gasteiger partial charge in [0.25, 0.3) is 0 Å². The Morgan fingerprint density at radius 3 is 2.71 bits per heavy atom. The summed E-state index contributed by atoms with van der Waals surface area (Å²) >= 11 is 0. The van der Waals surface area contributed by atoms with Gasteiger partial charge < -0.3 is 4.90 Å². The van der Waals surface area contributed by atoms with Gasteiger partial charge in [-0.25, -0.2) is 0 Å². The van der Waals surface area contributed by atoms with Crippen LogP contribution in [0.15, 0.2) is 0 Å². The zero-order valence-electron chi connectivity index (χ0n) is 13.0. The Morgan fingerprint density at radius 2 is 2.10 bits per heavy atom. The molecule has 0 bridgehead atoms. The van der Waals surface area contributed by atoms with E-state index in [-0.39, 0.29) is 0 Å². The van der Waals surface area contributed by atoms with Crippen molar-refractivity contribution in [2.24, 2.45) is 23.7 Å². The Morgan fingerprint density at radius 1 is 1.33 bits per heavy atom. The number of carbonyl (C=O) groups is 1. The van der Waals surface area contributed by atoms with Crippen LogP contribution in [0.5, 0.6) is 0 Å². The monoisotopic (exact) mass is 291 g/mol. The molecule has 1 N–H and O–H groups in total. The van der Waals surface area contributed by atoms with Crippen molar-refractivity contribution in [1.82, 2.24) is 25.5 Å². The van der Waals surface area contributed by atoms with Gasteiger partial charge in [-0.05, 0) is 37.0 Å². The van der Waals surface area contributed by atoms with Crippen LogP contribution in [0.3, 0.4) is 0 Å². The van der Waals surface area contributed by atoms with Crippen molar-refractivity contribution in [3.8, 4) is 0 Å². The molecule has 2 atom stereocenters. The first-order chi connectivity index (χ1) is 10.2. The summed E-state index contributed by atoms with van der Waals surface area (Å²) in [6.45, 7) is 5.97. The van der Waals surface area contributed by atoms with Crippen molar-refractivity contribution in [3.63, 3.8) is 0 Å². The van der Waals surface area contributed by atoms with Crippen molar-refractivity contribution in [1.29, 1.82) is 0 Å². The molecule has 116 valence electrons. The minimum atomic E-state index is 0.316. The molecule has 6 heteroatoms. The summed E-state index contributed by atoms with van der Waals surface area (Å²) in [4.78, 5) is 14.8. The fourth-order valence-corrected chi connectivity index (χ4v) is 3.67. The van der Waals surface area contributed by atoms with Crippen LogP contribution in [0.2, 0.25) is 0 Å². The fourth-order valence-electron chi connectivity index (χ4n) is 3.67. The maximum atomic E-state index is 12.8. The Balaban J connectivity index is 1.57. The van der Waals surface area contributed by atoms with Gasteiger partial charge in [0.05, 0.1) is 0 Å². The van der Waals surface area contributed by atoms with Gasteiger partial charge in [0.2, 0.25) is 5.91 Å². The standard InChI is InChI=1S/C15H25N5O/c1-10(2)6-8-20(9-7-13-16-18-19-17-13)15(21)14-11-4-3-5-12(11)14/h10-12,14H,3-9H2,1-2H3,(H,16,17,18,19). The number of tetrazole rings is 1. The second-order valence-corrected chi connectivity index (χ2v) is 6.87. The van der Waals surface area contributed by atoms with Crippen molar-refractivity contribution in [3.05, 3.63) is 5.82 Å². The molecule has 0 radical (unpaired) electrons. The highest BCUT2D eigenvalue weighted by molar-refractivity contribution is 5.82. The summed E-state index contributed by atoms with van der Waals surface area (Å²) in [5, 5.41) is 14.0. The zero-order chi connectivity index (χ0) is 14.8. The SMILES string of the molecule is CC(C)CCN(CCc1nn[nH]n1)C(=O)C1C2CCCC21. The average Bonchev–Trinajstić information content (AvgIpc) is 2.90. The zero-order valence-corrected chi connectivity index (χ0v) is 13.0. The predicted octanol–water partition coefficient (Wildman–Crippen LogP) is 1.66. The van der Waals surface area contributed by atoms with Crippen LogP contribution in [-0.2, 0) is 11.2 Å². The molecule has 6 nitrogen and oxygen atoms in total. The number of fused-ring (bicyclic) bond motifs is 1. The van der Waals surface area contributed by atoms with Gasteiger partial charge in [-0.3, -0.25) is 4.79 Å². The largest absolute Gasteiger partial charge is 0.342 e. The maximum Gasteiger partial charge on any atom is 0.226 e. The van der Waals surface area contributed by atoms with E-state index in [4.69, 9.17) is 0 Å². The predicted molar refractivity (Wildman–Crippen MR) is 78.2 cm³/mol. The van der Waals surface area contributed by atoms with Gasteiger partial charge in [0, 0.05) is 25.4 Å². The van der Waals surface area contributed by atoms with Gasteiger partial charge >= 0.3 is 0 Å². The van der Waals surface area contributed by atoms with E-state index in [0.717, 1.165) is 13.0 Å². The fraction of sp³-hybridized carbons (Fsp3) is 0.867. The Bertz CT molecular complexity index is 462. The molecule has 2 aliphatic rings. The van der Waals surface area contributed by atoms with Crippen LogP contribution in [0.1, 0.15) is 45.4 Å². The summed E-state index contributed by atoms with van der Waals surface area (Å²) in [5.74, 6) is 3.36. The number of H-pyrrole nitrogens is 1. The molecule has 2 unspecified atom stereocenters. The quantitative estimate of drug-likeness (QED) is 0.829. The molecule has 21 heavy (non-hydrogen) atoms. The summed E-state index contributed by atoms with van der Waals surface area (Å²) in [6.07, 6.45) is 5.56. The lowest BCUT2D eigenvalue weighted by atomic mass is 10.1. The summed E-state index contributed by atoms with van der Waals surface area (Å²) in [5.41, 5.74) is 0. The first kappa shape index (κ1) is 14.5. The van der Waals surface area contributed by atoms with Crippen molar-refractivity contribution < 1.29 is 4.79 Å². The lowest BCUT2D eigenvalue weighted by molar-refractivity contribution is -0.133. The first-order valence-corrected chi connectivity index (χ1v) is 8.18. The average molecular weight is 291 g/mol. The van der Waals surface area contributed by atoms with Crippen LogP contribution >= 0.6 is 0 Å². The molecule has 1 aromatic heterocycles. The molecule has 1 aromatic rings. The number of aromatic nitrogens is 4. The molecule has 0 saturated heterocycles. The van der Waals surface area contributed by atoms with Crippen LogP contribution in [-0.4, -0.2) is 44.5 Å². The molecule has 3 rings (SSSR count). The second-order valence-electron chi connectivity index (χ2n) is 6.87. The molecular formula is C15H25N5O. The number of nitrogens with zero attached hydrogens (tertiary/aromatic N) is 4. The molecule has 0 aromatic carbocycles. The van der Waals surface area contributed by atoms with E-state index in [1.54, 1.807) is 0 Å². The van der Waals surface area contributed by atoms with E-state index < -0.39 is 0 Å². The highest BCUT2D eigenvalue weighted by atomic mass is 16.2. The number of aromatic amines is 1. The molecule has 2 aliphatic carbocycles. The van der Waals surface area contributed by atoms with Crippen LogP contribution in [0, 0.1) is 23.7 Å². The van der Waals surface area contributed by atoms with Crippen LogP contribution in [0.25, 0.3) is 0 Å². The van der Waals surface area contributed by atoms with Gasteiger partial charge in [0.1, 0.15) is 0 Å². The lowest BCUT2D eigenvalue weighted by Gasteiger charge is -2.24. The van der Waals surface area contributed by atoms with Crippen molar-refractivity contribution in [2.75, 3.05) is 13.1 Å². The van der Waals surface area contributed by atoms with Gasteiger partial charge in [-0.15, -0.1) is 10.2 Å². The minimum absolute atomic E-state index is 0.316.